The number of esters is 1. The predicted molar refractivity (Wildman–Crippen MR) is 145 cm³/mol. The van der Waals surface area contributed by atoms with Gasteiger partial charge in [0.25, 0.3) is 11.5 Å². The average molecular weight is 513 g/mol. The lowest BCUT2D eigenvalue weighted by Gasteiger charge is -2.10. The standard InChI is InChI=1S/C28H24N4O4S/c1-36-27(35)19-10-11-22-24(14-19)31-28(37)32(26(22)34)16-17-6-8-18(9-7-17)25(33)29-13-12-20-15-30-23-5-3-2-4-21(20)23/h2-11,14-15,30H,12-13,16H2,1H3,(H,29,33)(H,31,37). The van der Waals surface area contributed by atoms with E-state index in [-0.39, 0.29) is 22.8 Å². The van der Waals surface area contributed by atoms with E-state index in [1.165, 1.54) is 11.7 Å². The number of para-hydroxylation sites is 1. The number of methoxy groups -OCH3 is 1. The fourth-order valence-electron chi connectivity index (χ4n) is 4.34. The van der Waals surface area contributed by atoms with Crippen molar-refractivity contribution in [1.29, 1.82) is 0 Å². The molecule has 2 aromatic heterocycles. The fraction of sp³-hybridized carbons (Fsp3) is 0.143. The fourth-order valence-corrected chi connectivity index (χ4v) is 4.60. The number of benzene rings is 3. The zero-order valence-corrected chi connectivity index (χ0v) is 20.9. The van der Waals surface area contributed by atoms with E-state index >= 15 is 0 Å². The number of nitrogens with zero attached hydrogens (tertiary/aromatic N) is 1. The molecule has 0 spiro atoms. The van der Waals surface area contributed by atoms with E-state index in [9.17, 15) is 14.4 Å². The molecule has 1 amide bonds. The molecule has 186 valence electrons. The minimum Gasteiger partial charge on any atom is -0.465 e. The molecule has 0 aliphatic carbocycles. The van der Waals surface area contributed by atoms with E-state index < -0.39 is 5.97 Å². The maximum Gasteiger partial charge on any atom is 0.337 e. The molecule has 0 saturated carbocycles. The molecule has 0 aliphatic heterocycles. The summed E-state index contributed by atoms with van der Waals surface area (Å²) in [6.45, 7) is 0.757. The normalized spacial score (nSPS) is 11.1. The molecule has 0 saturated heterocycles. The van der Waals surface area contributed by atoms with Crippen LogP contribution < -0.4 is 10.9 Å². The second-order valence-electron chi connectivity index (χ2n) is 8.64. The van der Waals surface area contributed by atoms with Crippen molar-refractivity contribution in [3.8, 4) is 0 Å². The zero-order chi connectivity index (χ0) is 25.9. The van der Waals surface area contributed by atoms with Gasteiger partial charge in [-0.1, -0.05) is 30.3 Å². The summed E-state index contributed by atoms with van der Waals surface area (Å²) in [6.07, 6.45) is 2.70. The number of hydrogen-bond acceptors (Lipinski definition) is 5. The third-order valence-corrected chi connectivity index (χ3v) is 6.64. The van der Waals surface area contributed by atoms with Crippen molar-refractivity contribution in [2.75, 3.05) is 13.7 Å². The topological polar surface area (TPSA) is 109 Å². The lowest BCUT2D eigenvalue weighted by molar-refractivity contribution is 0.0600. The Morgan fingerprint density at radius 3 is 2.51 bits per heavy atom. The first-order chi connectivity index (χ1) is 17.9. The summed E-state index contributed by atoms with van der Waals surface area (Å²) in [6, 6.07) is 19.8. The number of carbonyl (C=O) groups excluding carboxylic acids is 2. The third kappa shape index (κ3) is 4.94. The Balaban J connectivity index is 1.26. The third-order valence-electron chi connectivity index (χ3n) is 6.31. The summed E-state index contributed by atoms with van der Waals surface area (Å²) in [5, 5.41) is 4.53. The van der Waals surface area contributed by atoms with E-state index in [1.807, 2.05) is 24.4 Å². The second kappa shape index (κ2) is 10.2. The minimum absolute atomic E-state index is 0.159. The van der Waals surface area contributed by atoms with Gasteiger partial charge in [0, 0.05) is 29.2 Å². The Bertz CT molecular complexity index is 1750. The van der Waals surface area contributed by atoms with Crippen LogP contribution in [0.2, 0.25) is 0 Å². The first kappa shape index (κ1) is 24.2. The average Bonchev–Trinajstić information content (AvgIpc) is 3.33. The maximum atomic E-state index is 13.1. The maximum absolute atomic E-state index is 13.1. The number of carbonyl (C=O) groups is 2. The highest BCUT2D eigenvalue weighted by Gasteiger charge is 2.12. The van der Waals surface area contributed by atoms with Crippen molar-refractivity contribution in [3.63, 3.8) is 0 Å². The van der Waals surface area contributed by atoms with Crippen LogP contribution in [0.3, 0.4) is 0 Å². The smallest absolute Gasteiger partial charge is 0.337 e. The van der Waals surface area contributed by atoms with E-state index in [0.29, 0.717) is 28.6 Å². The lowest BCUT2D eigenvalue weighted by Crippen LogP contribution is -2.25. The van der Waals surface area contributed by atoms with Crippen molar-refractivity contribution in [1.82, 2.24) is 19.9 Å². The van der Waals surface area contributed by atoms with E-state index in [4.69, 9.17) is 17.0 Å². The molecule has 37 heavy (non-hydrogen) atoms. The van der Waals surface area contributed by atoms with Crippen LogP contribution in [0.4, 0.5) is 0 Å². The summed E-state index contributed by atoms with van der Waals surface area (Å²) < 4.78 is 6.42. The van der Waals surface area contributed by atoms with Gasteiger partial charge in [-0.05, 0) is 66.2 Å². The van der Waals surface area contributed by atoms with Crippen LogP contribution in [0.1, 0.15) is 31.8 Å². The number of ether oxygens (including phenoxy) is 1. The zero-order valence-electron chi connectivity index (χ0n) is 20.0. The number of hydrogen-bond donors (Lipinski definition) is 3. The molecule has 9 heteroatoms. The number of aromatic nitrogens is 3. The number of H-pyrrole nitrogens is 2. The van der Waals surface area contributed by atoms with Gasteiger partial charge in [-0.3, -0.25) is 14.2 Å². The van der Waals surface area contributed by atoms with E-state index in [0.717, 1.165) is 28.5 Å². The molecular weight excluding hydrogens is 488 g/mol. The van der Waals surface area contributed by atoms with Gasteiger partial charge in [0.05, 0.1) is 30.1 Å². The number of rotatable bonds is 7. The van der Waals surface area contributed by atoms with Crippen molar-refractivity contribution < 1.29 is 14.3 Å². The van der Waals surface area contributed by atoms with Gasteiger partial charge in [0.1, 0.15) is 0 Å². The summed E-state index contributed by atoms with van der Waals surface area (Å²) in [5.74, 6) is -0.652. The van der Waals surface area contributed by atoms with Gasteiger partial charge < -0.3 is 20.0 Å². The Morgan fingerprint density at radius 2 is 1.73 bits per heavy atom. The molecule has 0 aliphatic rings. The van der Waals surface area contributed by atoms with Crippen molar-refractivity contribution >= 4 is 45.9 Å². The van der Waals surface area contributed by atoms with E-state index in [2.05, 4.69) is 21.4 Å². The summed E-state index contributed by atoms with van der Waals surface area (Å²) in [7, 11) is 1.30. The van der Waals surface area contributed by atoms with Gasteiger partial charge in [0.15, 0.2) is 4.77 Å². The molecule has 5 rings (SSSR count). The Labute approximate surface area is 216 Å². The summed E-state index contributed by atoms with van der Waals surface area (Å²) in [5.41, 5.74) is 4.12. The molecular formula is C28H24N4O4S. The summed E-state index contributed by atoms with van der Waals surface area (Å²) in [4.78, 5) is 43.8. The molecule has 0 bridgehead atoms. The van der Waals surface area contributed by atoms with Crippen LogP contribution in [0.25, 0.3) is 21.8 Å². The molecule has 5 aromatic rings. The van der Waals surface area contributed by atoms with Crippen LogP contribution in [-0.4, -0.2) is 40.1 Å². The Morgan fingerprint density at radius 1 is 0.973 bits per heavy atom. The number of amides is 1. The highest BCUT2D eigenvalue weighted by Crippen LogP contribution is 2.18. The predicted octanol–water partition coefficient (Wildman–Crippen LogP) is 4.35. The molecule has 0 atom stereocenters. The number of nitrogens with one attached hydrogen (secondary N) is 3. The Kier molecular flexibility index (Phi) is 6.70. The monoisotopic (exact) mass is 512 g/mol. The van der Waals surface area contributed by atoms with E-state index in [1.54, 1.807) is 42.5 Å². The summed E-state index contributed by atoms with van der Waals surface area (Å²) >= 11 is 5.41. The lowest BCUT2D eigenvalue weighted by atomic mass is 10.1. The number of fused-ring (bicyclic) bond motifs is 2. The van der Waals surface area contributed by atoms with Gasteiger partial charge in [0.2, 0.25) is 0 Å². The molecule has 3 N–H and O–H groups in total. The van der Waals surface area contributed by atoms with Crippen molar-refractivity contribution in [2.24, 2.45) is 0 Å². The van der Waals surface area contributed by atoms with Gasteiger partial charge in [-0.15, -0.1) is 0 Å². The quantitative estimate of drug-likeness (QED) is 0.222. The first-order valence-electron chi connectivity index (χ1n) is 11.7. The number of aromatic amines is 2. The van der Waals surface area contributed by atoms with Crippen LogP contribution in [0, 0.1) is 4.77 Å². The Hall–Kier alpha value is -4.50. The highest BCUT2D eigenvalue weighted by molar-refractivity contribution is 7.71. The molecule has 3 aromatic carbocycles. The van der Waals surface area contributed by atoms with Crippen molar-refractivity contribution in [2.45, 2.75) is 13.0 Å². The van der Waals surface area contributed by atoms with Crippen LogP contribution in [0.15, 0.2) is 77.7 Å². The van der Waals surface area contributed by atoms with Crippen LogP contribution in [-0.2, 0) is 17.7 Å². The SMILES string of the molecule is COC(=O)c1ccc2c(=O)n(Cc3ccc(C(=O)NCCc4c[nH]c5ccccc45)cc3)c(=S)[nH]c2c1. The van der Waals surface area contributed by atoms with Crippen LogP contribution in [0.5, 0.6) is 0 Å². The molecule has 0 radical (unpaired) electrons. The van der Waals surface area contributed by atoms with Gasteiger partial charge in [-0.2, -0.15) is 0 Å². The molecule has 8 nitrogen and oxygen atoms in total. The largest absolute Gasteiger partial charge is 0.465 e. The van der Waals surface area contributed by atoms with Gasteiger partial charge in [-0.25, -0.2) is 4.79 Å². The van der Waals surface area contributed by atoms with Crippen LogP contribution >= 0.6 is 12.2 Å². The van der Waals surface area contributed by atoms with Crippen molar-refractivity contribution in [3.05, 3.63) is 110 Å². The second-order valence-corrected chi connectivity index (χ2v) is 9.02. The van der Waals surface area contributed by atoms with Gasteiger partial charge >= 0.3 is 5.97 Å². The minimum atomic E-state index is -0.493. The molecule has 0 unspecified atom stereocenters. The molecule has 0 fully saturated rings. The first-order valence-corrected chi connectivity index (χ1v) is 12.1. The highest BCUT2D eigenvalue weighted by atomic mass is 32.1. The molecule has 2 heterocycles.